The van der Waals surface area contributed by atoms with Crippen molar-refractivity contribution in [1.29, 1.82) is 0 Å². The molecule has 0 aliphatic carbocycles. The Bertz CT molecular complexity index is 1190. The minimum Gasteiger partial charge on any atom is -0.485 e. The zero-order valence-electron chi connectivity index (χ0n) is 19.7. The molecule has 1 heterocycles. The van der Waals surface area contributed by atoms with Crippen molar-refractivity contribution >= 4 is 23.3 Å². The fourth-order valence-corrected chi connectivity index (χ4v) is 3.77. The van der Waals surface area contributed by atoms with E-state index in [2.05, 4.69) is 5.32 Å². The summed E-state index contributed by atoms with van der Waals surface area (Å²) in [6.45, 7) is 2.62. The molecule has 0 fully saturated rings. The maximum atomic E-state index is 12.7. The maximum Gasteiger partial charge on any atom is 0.265 e. The van der Waals surface area contributed by atoms with E-state index in [0.717, 1.165) is 11.1 Å². The van der Waals surface area contributed by atoms with Gasteiger partial charge in [-0.25, -0.2) is 0 Å². The SMILES string of the molecule is Cc1ccc(OCC(=O)c2ccc3c(c2)N(CCCC(=O)NCc2ccccc2)C(=O)CO3)cc1. The van der Waals surface area contributed by atoms with Gasteiger partial charge in [0, 0.05) is 25.1 Å². The Hall–Kier alpha value is -4.13. The monoisotopic (exact) mass is 472 g/mol. The van der Waals surface area contributed by atoms with Crippen LogP contribution < -0.4 is 19.7 Å². The highest BCUT2D eigenvalue weighted by atomic mass is 16.5. The molecule has 2 amide bonds. The second-order valence-electron chi connectivity index (χ2n) is 8.41. The second-order valence-corrected chi connectivity index (χ2v) is 8.41. The average molecular weight is 473 g/mol. The lowest BCUT2D eigenvalue weighted by Gasteiger charge is -2.29. The predicted octanol–water partition coefficient (Wildman–Crippen LogP) is 4.08. The maximum absolute atomic E-state index is 12.7. The average Bonchev–Trinajstić information content (AvgIpc) is 2.88. The summed E-state index contributed by atoms with van der Waals surface area (Å²) >= 11 is 0. The number of nitrogens with one attached hydrogen (secondary N) is 1. The zero-order chi connectivity index (χ0) is 24.6. The third-order valence-corrected chi connectivity index (χ3v) is 5.73. The summed E-state index contributed by atoms with van der Waals surface area (Å²) in [5, 5.41) is 2.90. The van der Waals surface area contributed by atoms with Crippen molar-refractivity contribution in [3.63, 3.8) is 0 Å². The minimum absolute atomic E-state index is 0.0724. The van der Waals surface area contributed by atoms with E-state index < -0.39 is 0 Å². The van der Waals surface area contributed by atoms with E-state index in [1.54, 1.807) is 23.1 Å². The summed E-state index contributed by atoms with van der Waals surface area (Å²) in [6.07, 6.45) is 0.774. The molecule has 0 spiro atoms. The molecule has 0 atom stereocenters. The molecule has 35 heavy (non-hydrogen) atoms. The van der Waals surface area contributed by atoms with Crippen molar-refractivity contribution < 1.29 is 23.9 Å². The lowest BCUT2D eigenvalue weighted by atomic mass is 10.1. The third kappa shape index (κ3) is 6.47. The number of ether oxygens (including phenoxy) is 2. The van der Waals surface area contributed by atoms with Gasteiger partial charge in [0.2, 0.25) is 5.91 Å². The van der Waals surface area contributed by atoms with E-state index in [1.165, 1.54) is 0 Å². The number of aryl methyl sites for hydroxylation is 1. The molecule has 0 unspecified atom stereocenters. The van der Waals surface area contributed by atoms with Gasteiger partial charge in [0.05, 0.1) is 5.69 Å². The number of carbonyl (C=O) groups is 3. The standard InChI is InChI=1S/C28H28N2O5/c1-20-9-12-23(13-10-20)34-18-25(31)22-11-14-26-24(16-22)30(28(33)19-35-26)15-5-8-27(32)29-17-21-6-3-2-4-7-21/h2-4,6-7,9-14,16H,5,8,15,17-19H2,1H3,(H,29,32). The molecule has 0 saturated heterocycles. The van der Waals surface area contributed by atoms with Crippen LogP contribution in [0.1, 0.15) is 34.3 Å². The van der Waals surface area contributed by atoms with Crippen LogP contribution >= 0.6 is 0 Å². The summed E-state index contributed by atoms with van der Waals surface area (Å²) in [5.74, 6) is 0.669. The smallest absolute Gasteiger partial charge is 0.265 e. The molecule has 7 heteroatoms. The Morgan fingerprint density at radius 1 is 1.03 bits per heavy atom. The summed E-state index contributed by atoms with van der Waals surface area (Å²) < 4.78 is 11.2. The van der Waals surface area contributed by atoms with Crippen molar-refractivity contribution in [2.24, 2.45) is 0 Å². The highest BCUT2D eigenvalue weighted by Crippen LogP contribution is 2.33. The number of fused-ring (bicyclic) bond motifs is 1. The van der Waals surface area contributed by atoms with E-state index in [1.807, 2.05) is 61.5 Å². The molecule has 0 saturated carbocycles. The van der Waals surface area contributed by atoms with Crippen LogP contribution in [0.25, 0.3) is 0 Å². The van der Waals surface area contributed by atoms with Crippen molar-refractivity contribution in [3.8, 4) is 11.5 Å². The van der Waals surface area contributed by atoms with Gasteiger partial charge in [-0.05, 0) is 49.2 Å². The molecular weight excluding hydrogens is 444 g/mol. The predicted molar refractivity (Wildman–Crippen MR) is 133 cm³/mol. The lowest BCUT2D eigenvalue weighted by Crippen LogP contribution is -2.40. The number of nitrogens with zero attached hydrogens (tertiary/aromatic N) is 1. The molecule has 0 bridgehead atoms. The Balaban J connectivity index is 1.34. The van der Waals surface area contributed by atoms with Crippen LogP contribution in [0.3, 0.4) is 0 Å². The Morgan fingerprint density at radius 3 is 2.57 bits per heavy atom. The van der Waals surface area contributed by atoms with E-state index in [-0.39, 0.29) is 37.2 Å². The number of anilines is 1. The molecule has 1 aliphatic heterocycles. The van der Waals surface area contributed by atoms with E-state index in [4.69, 9.17) is 9.47 Å². The van der Waals surface area contributed by atoms with Crippen molar-refractivity contribution in [3.05, 3.63) is 89.5 Å². The van der Waals surface area contributed by atoms with E-state index >= 15 is 0 Å². The van der Waals surface area contributed by atoms with Gasteiger partial charge < -0.3 is 19.7 Å². The Labute approximate surface area is 204 Å². The van der Waals surface area contributed by atoms with Gasteiger partial charge >= 0.3 is 0 Å². The van der Waals surface area contributed by atoms with Crippen LogP contribution in [0.4, 0.5) is 5.69 Å². The van der Waals surface area contributed by atoms with Gasteiger partial charge in [-0.2, -0.15) is 0 Å². The zero-order valence-corrected chi connectivity index (χ0v) is 19.7. The van der Waals surface area contributed by atoms with Gasteiger partial charge in [0.1, 0.15) is 11.5 Å². The highest BCUT2D eigenvalue weighted by molar-refractivity contribution is 6.02. The number of Topliss-reactive ketones (excluding diaryl/α,β-unsaturated/α-hetero) is 1. The second kappa shape index (κ2) is 11.3. The molecule has 3 aromatic rings. The quantitative estimate of drug-likeness (QED) is 0.450. The first-order chi connectivity index (χ1) is 17.0. The molecule has 180 valence electrons. The topological polar surface area (TPSA) is 84.9 Å². The normalized spacial score (nSPS) is 12.5. The van der Waals surface area contributed by atoms with Crippen LogP contribution in [-0.2, 0) is 16.1 Å². The van der Waals surface area contributed by atoms with Crippen LogP contribution in [0.2, 0.25) is 0 Å². The van der Waals surface area contributed by atoms with Crippen molar-refractivity contribution in [2.45, 2.75) is 26.3 Å². The van der Waals surface area contributed by atoms with Crippen LogP contribution in [0.5, 0.6) is 11.5 Å². The van der Waals surface area contributed by atoms with E-state index in [0.29, 0.717) is 42.3 Å². The van der Waals surface area contributed by atoms with Gasteiger partial charge in [-0.1, -0.05) is 48.0 Å². The number of ketones is 1. The Morgan fingerprint density at radius 2 is 1.80 bits per heavy atom. The first-order valence-electron chi connectivity index (χ1n) is 11.6. The summed E-state index contributed by atoms with van der Waals surface area (Å²) in [5.41, 5.74) is 3.10. The number of hydrogen-bond donors (Lipinski definition) is 1. The number of rotatable bonds is 10. The first kappa shape index (κ1) is 24.0. The highest BCUT2D eigenvalue weighted by Gasteiger charge is 2.26. The lowest BCUT2D eigenvalue weighted by molar-refractivity contribution is -0.123. The number of benzene rings is 3. The van der Waals surface area contributed by atoms with Gasteiger partial charge in [-0.15, -0.1) is 0 Å². The molecule has 0 aromatic heterocycles. The molecule has 1 N–H and O–H groups in total. The molecule has 1 aliphatic rings. The number of carbonyl (C=O) groups excluding carboxylic acids is 3. The summed E-state index contributed by atoms with van der Waals surface area (Å²) in [6, 6.07) is 22.2. The van der Waals surface area contributed by atoms with Crippen LogP contribution in [0, 0.1) is 6.92 Å². The van der Waals surface area contributed by atoms with Gasteiger partial charge in [0.25, 0.3) is 5.91 Å². The molecular formula is C28H28N2O5. The Kier molecular flexibility index (Phi) is 7.77. The van der Waals surface area contributed by atoms with Crippen LogP contribution in [-0.4, -0.2) is 37.4 Å². The molecule has 7 nitrogen and oxygen atoms in total. The number of amides is 2. The first-order valence-corrected chi connectivity index (χ1v) is 11.6. The fraction of sp³-hybridized carbons (Fsp3) is 0.250. The third-order valence-electron chi connectivity index (χ3n) is 5.73. The van der Waals surface area contributed by atoms with Gasteiger partial charge in [-0.3, -0.25) is 14.4 Å². The van der Waals surface area contributed by atoms with Crippen molar-refractivity contribution in [1.82, 2.24) is 5.32 Å². The van der Waals surface area contributed by atoms with Crippen LogP contribution in [0.15, 0.2) is 72.8 Å². The summed E-state index contributed by atoms with van der Waals surface area (Å²) in [7, 11) is 0. The van der Waals surface area contributed by atoms with Gasteiger partial charge in [0.15, 0.2) is 19.0 Å². The largest absolute Gasteiger partial charge is 0.485 e. The fourth-order valence-electron chi connectivity index (χ4n) is 3.77. The molecule has 3 aromatic carbocycles. The minimum atomic E-state index is -0.206. The number of hydrogen-bond acceptors (Lipinski definition) is 5. The van der Waals surface area contributed by atoms with Crippen molar-refractivity contribution in [2.75, 3.05) is 24.7 Å². The molecule has 4 rings (SSSR count). The van der Waals surface area contributed by atoms with E-state index in [9.17, 15) is 14.4 Å². The molecule has 0 radical (unpaired) electrons. The summed E-state index contributed by atoms with van der Waals surface area (Å²) in [4.78, 5) is 39.1.